The molecule has 0 saturated heterocycles. The maximum atomic E-state index is 10.9. The largest absolute Gasteiger partial charge is 0.477 e. The van der Waals surface area contributed by atoms with Gasteiger partial charge in [-0.25, -0.2) is 9.78 Å². The summed E-state index contributed by atoms with van der Waals surface area (Å²) in [4.78, 5) is 24.9. The van der Waals surface area contributed by atoms with E-state index in [4.69, 9.17) is 9.52 Å². The molecule has 2 N–H and O–H groups in total. The topological polar surface area (TPSA) is 119 Å². The molecule has 0 fully saturated rings. The highest BCUT2D eigenvalue weighted by Gasteiger charge is 2.21. The van der Waals surface area contributed by atoms with Crippen molar-refractivity contribution in [3.8, 4) is 0 Å². The van der Waals surface area contributed by atoms with Crippen LogP contribution in [-0.4, -0.2) is 21.0 Å². The fourth-order valence-electron chi connectivity index (χ4n) is 1.64. The van der Waals surface area contributed by atoms with Gasteiger partial charge in [-0.05, 0) is 25.1 Å². The number of anilines is 1. The van der Waals surface area contributed by atoms with Crippen molar-refractivity contribution >= 4 is 17.5 Å². The minimum absolute atomic E-state index is 0.112. The molecule has 2 heterocycles. The quantitative estimate of drug-likeness (QED) is 0.636. The Morgan fingerprint density at radius 3 is 2.80 bits per heavy atom. The fourth-order valence-corrected chi connectivity index (χ4v) is 1.64. The van der Waals surface area contributed by atoms with E-state index in [2.05, 4.69) is 10.3 Å². The zero-order valence-corrected chi connectivity index (χ0v) is 10.4. The van der Waals surface area contributed by atoms with Crippen LogP contribution in [0.3, 0.4) is 0 Å². The van der Waals surface area contributed by atoms with Gasteiger partial charge in [0.2, 0.25) is 5.82 Å². The minimum atomic E-state index is -1.26. The molecule has 2 aromatic rings. The Morgan fingerprint density at radius 1 is 1.50 bits per heavy atom. The molecule has 8 nitrogen and oxygen atoms in total. The second-order valence-corrected chi connectivity index (χ2v) is 4.01. The maximum absolute atomic E-state index is 10.9. The number of hydrogen-bond donors (Lipinski definition) is 2. The van der Waals surface area contributed by atoms with E-state index in [9.17, 15) is 14.9 Å². The van der Waals surface area contributed by atoms with Crippen molar-refractivity contribution in [1.29, 1.82) is 0 Å². The summed E-state index contributed by atoms with van der Waals surface area (Å²) in [5.74, 6) is -0.811. The molecule has 0 saturated carbocycles. The van der Waals surface area contributed by atoms with E-state index >= 15 is 0 Å². The number of nitrogens with zero attached hydrogens (tertiary/aromatic N) is 2. The van der Waals surface area contributed by atoms with Crippen LogP contribution in [0.5, 0.6) is 0 Å². The predicted molar refractivity (Wildman–Crippen MR) is 68.6 cm³/mol. The third-order valence-electron chi connectivity index (χ3n) is 2.61. The lowest BCUT2D eigenvalue weighted by atomic mass is 10.2. The average molecular weight is 277 g/mol. The molecule has 1 unspecified atom stereocenters. The molecular formula is C12H11N3O5. The molecule has 0 amide bonds. The van der Waals surface area contributed by atoms with Gasteiger partial charge in [-0.15, -0.1) is 0 Å². The SMILES string of the molecule is CC(Nc1nc(C(=O)O)ccc1[N+](=O)[O-])c1ccco1. The van der Waals surface area contributed by atoms with Crippen molar-refractivity contribution in [1.82, 2.24) is 4.98 Å². The number of rotatable bonds is 5. The zero-order chi connectivity index (χ0) is 14.7. The lowest BCUT2D eigenvalue weighted by molar-refractivity contribution is -0.384. The average Bonchev–Trinajstić information content (AvgIpc) is 2.92. The lowest BCUT2D eigenvalue weighted by Gasteiger charge is -2.12. The molecule has 1 atom stereocenters. The Hall–Kier alpha value is -2.90. The van der Waals surface area contributed by atoms with Crippen LogP contribution in [0.1, 0.15) is 29.2 Å². The Balaban J connectivity index is 2.35. The van der Waals surface area contributed by atoms with Gasteiger partial charge < -0.3 is 14.8 Å². The number of aromatic nitrogens is 1. The number of aromatic carboxylic acids is 1. The highest BCUT2D eigenvalue weighted by Crippen LogP contribution is 2.26. The van der Waals surface area contributed by atoms with E-state index in [1.165, 1.54) is 6.26 Å². The van der Waals surface area contributed by atoms with Gasteiger partial charge in [0, 0.05) is 6.07 Å². The summed E-state index contributed by atoms with van der Waals surface area (Å²) in [6.45, 7) is 1.72. The first-order valence-corrected chi connectivity index (χ1v) is 5.67. The molecular weight excluding hydrogens is 266 g/mol. The van der Waals surface area contributed by atoms with Gasteiger partial charge in [-0.2, -0.15) is 0 Å². The lowest BCUT2D eigenvalue weighted by Crippen LogP contribution is -2.11. The van der Waals surface area contributed by atoms with Gasteiger partial charge in [0.05, 0.1) is 17.2 Å². The van der Waals surface area contributed by atoms with Crippen LogP contribution in [0.4, 0.5) is 11.5 Å². The van der Waals surface area contributed by atoms with Crippen molar-refractivity contribution in [2.24, 2.45) is 0 Å². The standard InChI is InChI=1S/C12H11N3O5/c1-7(10-3-2-6-20-10)13-11-9(15(18)19)5-4-8(14-11)12(16)17/h2-7H,1H3,(H,13,14)(H,16,17). The van der Waals surface area contributed by atoms with Gasteiger partial charge in [-0.1, -0.05) is 0 Å². The van der Waals surface area contributed by atoms with Crippen LogP contribution in [0.15, 0.2) is 34.9 Å². The van der Waals surface area contributed by atoms with E-state index in [1.54, 1.807) is 19.1 Å². The molecule has 0 aromatic carbocycles. The Labute approximate surface area is 113 Å². The Kier molecular flexibility index (Phi) is 3.65. The summed E-state index contributed by atoms with van der Waals surface area (Å²) in [5.41, 5.74) is -0.571. The highest BCUT2D eigenvalue weighted by molar-refractivity contribution is 5.86. The molecule has 0 bridgehead atoms. The summed E-state index contributed by atoms with van der Waals surface area (Å²) in [7, 11) is 0. The third-order valence-corrected chi connectivity index (χ3v) is 2.61. The summed E-state index contributed by atoms with van der Waals surface area (Å²) in [6, 6.07) is 5.19. The molecule has 20 heavy (non-hydrogen) atoms. The Morgan fingerprint density at radius 2 is 2.25 bits per heavy atom. The van der Waals surface area contributed by atoms with E-state index in [1.807, 2.05) is 0 Å². The van der Waals surface area contributed by atoms with Crippen molar-refractivity contribution in [2.45, 2.75) is 13.0 Å². The second-order valence-electron chi connectivity index (χ2n) is 4.01. The van der Waals surface area contributed by atoms with Crippen molar-refractivity contribution in [3.05, 3.63) is 52.1 Å². The number of nitrogens with one attached hydrogen (secondary N) is 1. The molecule has 0 aliphatic rings. The molecule has 2 rings (SSSR count). The van der Waals surface area contributed by atoms with Crippen LogP contribution in [0.2, 0.25) is 0 Å². The zero-order valence-electron chi connectivity index (χ0n) is 10.4. The first-order valence-electron chi connectivity index (χ1n) is 5.67. The molecule has 8 heteroatoms. The molecule has 0 aliphatic carbocycles. The fraction of sp³-hybridized carbons (Fsp3) is 0.167. The van der Waals surface area contributed by atoms with Gasteiger partial charge in [0.15, 0.2) is 5.69 Å². The number of carboxylic acid groups (broad SMARTS) is 1. The highest BCUT2D eigenvalue weighted by atomic mass is 16.6. The summed E-state index contributed by atoms with van der Waals surface area (Å²) in [5, 5.41) is 22.6. The van der Waals surface area contributed by atoms with Crippen molar-refractivity contribution in [3.63, 3.8) is 0 Å². The number of pyridine rings is 1. The second kappa shape index (κ2) is 5.39. The van der Waals surface area contributed by atoms with Crippen molar-refractivity contribution in [2.75, 3.05) is 5.32 Å². The molecule has 0 spiro atoms. The first-order chi connectivity index (χ1) is 9.49. The minimum Gasteiger partial charge on any atom is -0.477 e. The smallest absolute Gasteiger partial charge is 0.354 e. The third kappa shape index (κ3) is 2.74. The molecule has 0 aliphatic heterocycles. The van der Waals surface area contributed by atoms with Crippen LogP contribution >= 0.6 is 0 Å². The molecule has 104 valence electrons. The van der Waals surface area contributed by atoms with E-state index in [0.717, 1.165) is 12.1 Å². The Bertz CT molecular complexity index is 639. The maximum Gasteiger partial charge on any atom is 0.354 e. The number of nitro groups is 1. The van der Waals surface area contributed by atoms with Gasteiger partial charge in [-0.3, -0.25) is 10.1 Å². The summed E-state index contributed by atoms with van der Waals surface area (Å²) >= 11 is 0. The predicted octanol–water partition coefficient (Wildman–Crippen LogP) is 2.45. The van der Waals surface area contributed by atoms with Crippen molar-refractivity contribution < 1.29 is 19.2 Å². The van der Waals surface area contributed by atoms with Crippen LogP contribution in [0.25, 0.3) is 0 Å². The van der Waals surface area contributed by atoms with E-state index in [-0.39, 0.29) is 23.2 Å². The van der Waals surface area contributed by atoms with E-state index in [0.29, 0.717) is 5.76 Å². The first kappa shape index (κ1) is 13.5. The number of carboxylic acids is 1. The number of carbonyl (C=O) groups is 1. The number of hydrogen-bond acceptors (Lipinski definition) is 6. The van der Waals surface area contributed by atoms with Gasteiger partial charge in [0.25, 0.3) is 0 Å². The van der Waals surface area contributed by atoms with Crippen LogP contribution in [-0.2, 0) is 0 Å². The summed E-state index contributed by atoms with van der Waals surface area (Å²) < 4.78 is 5.17. The van der Waals surface area contributed by atoms with Crippen LogP contribution in [0, 0.1) is 10.1 Å². The molecule has 0 radical (unpaired) electrons. The van der Waals surface area contributed by atoms with Gasteiger partial charge in [0.1, 0.15) is 5.76 Å². The normalized spacial score (nSPS) is 11.8. The van der Waals surface area contributed by atoms with Crippen LogP contribution < -0.4 is 5.32 Å². The molecule has 2 aromatic heterocycles. The summed E-state index contributed by atoms with van der Waals surface area (Å²) in [6.07, 6.45) is 1.48. The monoisotopic (exact) mass is 277 g/mol. The van der Waals surface area contributed by atoms with Gasteiger partial charge >= 0.3 is 11.7 Å². The van der Waals surface area contributed by atoms with E-state index < -0.39 is 10.9 Å². The number of furan rings is 1.